The molecule has 4 aromatic rings. The SMILES string of the molecule is O=C(Nc1c(C(c2ccccc2)N2CCCCC2)oc2ccccc12)c1ccccc1. The lowest BCUT2D eigenvalue weighted by Gasteiger charge is -2.34. The van der Waals surface area contributed by atoms with Crippen molar-refractivity contribution in [2.45, 2.75) is 25.3 Å². The molecule has 0 aliphatic carbocycles. The van der Waals surface area contributed by atoms with E-state index >= 15 is 0 Å². The Balaban J connectivity index is 1.63. The van der Waals surface area contributed by atoms with Gasteiger partial charge in [-0.3, -0.25) is 9.69 Å². The normalized spacial score (nSPS) is 15.6. The number of furan rings is 1. The molecule has 5 rings (SSSR count). The summed E-state index contributed by atoms with van der Waals surface area (Å²) in [6.07, 6.45) is 3.61. The lowest BCUT2D eigenvalue weighted by Crippen LogP contribution is -2.34. The molecule has 0 bridgehead atoms. The highest BCUT2D eigenvalue weighted by Crippen LogP contribution is 2.41. The van der Waals surface area contributed by atoms with Crippen LogP contribution in [0.3, 0.4) is 0 Å². The lowest BCUT2D eigenvalue weighted by atomic mass is 9.98. The number of likely N-dealkylation sites (tertiary alicyclic amines) is 1. The fourth-order valence-electron chi connectivity index (χ4n) is 4.50. The maximum absolute atomic E-state index is 13.1. The topological polar surface area (TPSA) is 45.5 Å². The van der Waals surface area contributed by atoms with Gasteiger partial charge < -0.3 is 9.73 Å². The molecule has 1 saturated heterocycles. The maximum atomic E-state index is 13.1. The number of fused-ring (bicyclic) bond motifs is 1. The van der Waals surface area contributed by atoms with Crippen LogP contribution in [-0.4, -0.2) is 23.9 Å². The Morgan fingerprint density at radius 3 is 2.19 bits per heavy atom. The Kier molecular flexibility index (Phi) is 5.55. The minimum absolute atomic E-state index is 0.0417. The van der Waals surface area contributed by atoms with Crippen molar-refractivity contribution in [3.63, 3.8) is 0 Å². The van der Waals surface area contributed by atoms with Crippen molar-refractivity contribution >= 4 is 22.6 Å². The van der Waals surface area contributed by atoms with Gasteiger partial charge in [0, 0.05) is 10.9 Å². The van der Waals surface area contributed by atoms with Gasteiger partial charge in [-0.25, -0.2) is 0 Å². The summed E-state index contributed by atoms with van der Waals surface area (Å²) in [6, 6.07) is 27.7. The van der Waals surface area contributed by atoms with E-state index in [-0.39, 0.29) is 11.9 Å². The summed E-state index contributed by atoms with van der Waals surface area (Å²) in [7, 11) is 0. The van der Waals surface area contributed by atoms with E-state index in [2.05, 4.69) is 34.5 Å². The monoisotopic (exact) mass is 410 g/mol. The van der Waals surface area contributed by atoms with Gasteiger partial charge in [0.05, 0.1) is 11.7 Å². The number of nitrogens with zero attached hydrogens (tertiary/aromatic N) is 1. The van der Waals surface area contributed by atoms with E-state index in [9.17, 15) is 4.79 Å². The molecule has 4 heteroatoms. The van der Waals surface area contributed by atoms with Crippen LogP contribution in [0.2, 0.25) is 0 Å². The molecule has 0 spiro atoms. The number of para-hydroxylation sites is 1. The van der Waals surface area contributed by atoms with E-state index in [1.54, 1.807) is 0 Å². The molecule has 4 nitrogen and oxygen atoms in total. The zero-order chi connectivity index (χ0) is 21.0. The van der Waals surface area contributed by atoms with Crippen molar-refractivity contribution < 1.29 is 9.21 Å². The number of carbonyl (C=O) groups excluding carboxylic acids is 1. The fourth-order valence-corrected chi connectivity index (χ4v) is 4.50. The first kappa shape index (κ1) is 19.6. The van der Waals surface area contributed by atoms with Crippen LogP contribution >= 0.6 is 0 Å². The second kappa shape index (κ2) is 8.78. The highest BCUT2D eigenvalue weighted by atomic mass is 16.3. The van der Waals surface area contributed by atoms with Gasteiger partial charge in [-0.15, -0.1) is 0 Å². The predicted octanol–water partition coefficient (Wildman–Crippen LogP) is 6.26. The van der Waals surface area contributed by atoms with Gasteiger partial charge in [-0.05, 0) is 55.8 Å². The highest BCUT2D eigenvalue weighted by molar-refractivity contribution is 6.09. The Morgan fingerprint density at radius 1 is 0.806 bits per heavy atom. The van der Waals surface area contributed by atoms with Gasteiger partial charge in [-0.2, -0.15) is 0 Å². The summed E-state index contributed by atoms with van der Waals surface area (Å²) in [4.78, 5) is 15.6. The van der Waals surface area contributed by atoms with Crippen molar-refractivity contribution in [3.05, 3.63) is 102 Å². The summed E-state index contributed by atoms with van der Waals surface area (Å²) in [5, 5.41) is 4.11. The van der Waals surface area contributed by atoms with Crippen LogP contribution in [0.1, 0.15) is 47.0 Å². The Morgan fingerprint density at radius 2 is 1.45 bits per heavy atom. The van der Waals surface area contributed by atoms with Crippen LogP contribution in [-0.2, 0) is 0 Å². The molecular weight excluding hydrogens is 384 g/mol. The van der Waals surface area contributed by atoms with Crippen LogP contribution in [0, 0.1) is 0 Å². The second-order valence-corrected chi connectivity index (χ2v) is 8.07. The molecule has 3 aromatic carbocycles. The Labute approximate surface area is 182 Å². The minimum Gasteiger partial charge on any atom is -0.457 e. The average Bonchev–Trinajstić information content (AvgIpc) is 3.19. The van der Waals surface area contributed by atoms with Gasteiger partial charge in [0.25, 0.3) is 5.91 Å². The first-order valence-electron chi connectivity index (χ1n) is 11.0. The van der Waals surface area contributed by atoms with E-state index in [1.165, 1.54) is 24.8 Å². The van der Waals surface area contributed by atoms with Gasteiger partial charge in [0.15, 0.2) is 0 Å². The molecule has 2 heterocycles. The number of benzene rings is 3. The van der Waals surface area contributed by atoms with Gasteiger partial charge >= 0.3 is 0 Å². The van der Waals surface area contributed by atoms with Crippen molar-refractivity contribution in [1.29, 1.82) is 0 Å². The molecule has 1 amide bonds. The molecule has 1 aliphatic rings. The third-order valence-corrected chi connectivity index (χ3v) is 6.02. The smallest absolute Gasteiger partial charge is 0.255 e. The summed E-state index contributed by atoms with van der Waals surface area (Å²) >= 11 is 0. The average molecular weight is 411 g/mol. The molecule has 1 aliphatic heterocycles. The first-order valence-corrected chi connectivity index (χ1v) is 11.0. The number of piperidine rings is 1. The third kappa shape index (κ3) is 3.99. The fraction of sp³-hybridized carbons (Fsp3) is 0.222. The zero-order valence-corrected chi connectivity index (χ0v) is 17.5. The molecule has 31 heavy (non-hydrogen) atoms. The third-order valence-electron chi connectivity index (χ3n) is 6.02. The second-order valence-electron chi connectivity index (χ2n) is 8.07. The quantitative estimate of drug-likeness (QED) is 0.422. The summed E-state index contributed by atoms with van der Waals surface area (Å²) < 4.78 is 6.45. The standard InChI is InChI=1S/C27H26N2O2/c30-27(21-14-6-2-7-15-21)28-24-22-16-8-9-17-23(22)31-26(24)25(20-12-4-1-5-13-20)29-18-10-3-11-19-29/h1-2,4-9,12-17,25H,3,10-11,18-19H2,(H,28,30). The summed E-state index contributed by atoms with van der Waals surface area (Å²) in [6.45, 7) is 2.03. The van der Waals surface area contributed by atoms with Crippen LogP contribution in [0.5, 0.6) is 0 Å². The minimum atomic E-state index is -0.126. The molecular formula is C27H26N2O2. The number of rotatable bonds is 5. The van der Waals surface area contributed by atoms with E-state index in [0.29, 0.717) is 5.56 Å². The first-order chi connectivity index (χ1) is 15.3. The van der Waals surface area contributed by atoms with Crippen LogP contribution in [0.15, 0.2) is 89.3 Å². The zero-order valence-electron chi connectivity index (χ0n) is 17.5. The number of carbonyl (C=O) groups is 1. The summed E-state index contributed by atoms with van der Waals surface area (Å²) in [5.41, 5.74) is 3.37. The Hall–Kier alpha value is -3.37. The maximum Gasteiger partial charge on any atom is 0.255 e. The number of anilines is 1. The lowest BCUT2D eigenvalue weighted by molar-refractivity contribution is 0.102. The van der Waals surface area contributed by atoms with Crippen molar-refractivity contribution in [1.82, 2.24) is 4.90 Å². The molecule has 1 unspecified atom stereocenters. The van der Waals surface area contributed by atoms with E-state index in [0.717, 1.165) is 35.5 Å². The molecule has 1 fully saturated rings. The predicted molar refractivity (Wildman–Crippen MR) is 124 cm³/mol. The van der Waals surface area contributed by atoms with E-state index in [4.69, 9.17) is 4.42 Å². The molecule has 156 valence electrons. The van der Waals surface area contributed by atoms with Crippen LogP contribution in [0.4, 0.5) is 5.69 Å². The van der Waals surface area contributed by atoms with E-state index < -0.39 is 0 Å². The molecule has 0 saturated carbocycles. The number of amides is 1. The molecule has 0 radical (unpaired) electrons. The van der Waals surface area contributed by atoms with Crippen molar-refractivity contribution in [2.75, 3.05) is 18.4 Å². The van der Waals surface area contributed by atoms with Gasteiger partial charge in [0.1, 0.15) is 11.3 Å². The van der Waals surface area contributed by atoms with Crippen LogP contribution in [0.25, 0.3) is 11.0 Å². The molecule has 1 aromatic heterocycles. The highest BCUT2D eigenvalue weighted by Gasteiger charge is 2.31. The van der Waals surface area contributed by atoms with Gasteiger partial charge in [0.2, 0.25) is 0 Å². The Bertz CT molecular complexity index is 1160. The van der Waals surface area contributed by atoms with E-state index in [1.807, 2.05) is 60.7 Å². The molecule has 1 atom stereocenters. The van der Waals surface area contributed by atoms with Crippen molar-refractivity contribution in [2.24, 2.45) is 0 Å². The molecule has 1 N–H and O–H groups in total. The number of hydrogen-bond acceptors (Lipinski definition) is 3. The van der Waals surface area contributed by atoms with Gasteiger partial charge in [-0.1, -0.05) is 67.1 Å². The van der Waals surface area contributed by atoms with Crippen LogP contribution < -0.4 is 5.32 Å². The number of nitrogens with one attached hydrogen (secondary N) is 1. The summed E-state index contributed by atoms with van der Waals surface area (Å²) in [5.74, 6) is 0.678. The number of hydrogen-bond donors (Lipinski definition) is 1. The largest absolute Gasteiger partial charge is 0.457 e. The van der Waals surface area contributed by atoms with Crippen molar-refractivity contribution in [3.8, 4) is 0 Å².